The first kappa shape index (κ1) is 17.6. The Morgan fingerprint density at radius 3 is 2.61 bits per heavy atom. The van der Waals surface area contributed by atoms with Crippen molar-refractivity contribution in [2.24, 2.45) is 0 Å². The molecule has 1 aromatic rings. The van der Waals surface area contributed by atoms with Crippen LogP contribution in [-0.2, 0) is 10.9 Å². The van der Waals surface area contributed by atoms with Gasteiger partial charge in [-0.2, -0.15) is 13.2 Å². The lowest BCUT2D eigenvalue weighted by Crippen LogP contribution is -2.55. The summed E-state index contributed by atoms with van der Waals surface area (Å²) < 4.78 is 44.5. The van der Waals surface area contributed by atoms with Gasteiger partial charge in [0.1, 0.15) is 0 Å². The van der Waals surface area contributed by atoms with Crippen molar-refractivity contribution in [3.05, 3.63) is 29.3 Å². The zero-order valence-corrected chi connectivity index (χ0v) is 13.6. The highest BCUT2D eigenvalue weighted by Gasteiger charge is 2.37. The molecule has 0 aliphatic carbocycles. The number of nitrogens with zero attached hydrogens (tertiary/aromatic N) is 1. The van der Waals surface area contributed by atoms with E-state index in [1.165, 1.54) is 6.07 Å². The van der Waals surface area contributed by atoms with Crippen LogP contribution in [-0.4, -0.2) is 42.6 Å². The van der Waals surface area contributed by atoms with Crippen LogP contribution in [0.5, 0.6) is 0 Å². The van der Waals surface area contributed by atoms with Gasteiger partial charge in [0.05, 0.1) is 29.4 Å². The number of carbonyl (C=O) groups excluding carboxylic acids is 1. The zero-order valence-electron chi connectivity index (χ0n) is 13.6. The van der Waals surface area contributed by atoms with E-state index in [2.05, 4.69) is 5.32 Å². The maximum Gasteiger partial charge on any atom is 0.416 e. The second kappa shape index (κ2) is 6.03. The number of morpholine rings is 1. The van der Waals surface area contributed by atoms with Crippen LogP contribution < -0.4 is 5.32 Å². The molecule has 1 amide bonds. The number of anilines is 1. The minimum atomic E-state index is -4.49. The molecule has 0 unspecified atom stereocenters. The van der Waals surface area contributed by atoms with Gasteiger partial charge in [-0.05, 0) is 39.0 Å². The average molecular weight is 330 g/mol. The summed E-state index contributed by atoms with van der Waals surface area (Å²) in [4.78, 5) is 14.4. The average Bonchev–Trinajstić information content (AvgIpc) is 2.47. The largest absolute Gasteiger partial charge is 0.416 e. The number of amides is 1. The summed E-state index contributed by atoms with van der Waals surface area (Å²) in [7, 11) is 1.58. The molecule has 1 saturated heterocycles. The van der Waals surface area contributed by atoms with Gasteiger partial charge < -0.3 is 15.0 Å². The second-order valence-corrected chi connectivity index (χ2v) is 6.36. The third kappa shape index (κ3) is 3.77. The van der Waals surface area contributed by atoms with E-state index >= 15 is 0 Å². The van der Waals surface area contributed by atoms with Gasteiger partial charge in [-0.1, -0.05) is 0 Å². The van der Waals surface area contributed by atoms with Crippen molar-refractivity contribution < 1.29 is 22.7 Å². The fourth-order valence-corrected chi connectivity index (χ4v) is 2.59. The van der Waals surface area contributed by atoms with Crippen LogP contribution in [0, 0.1) is 0 Å². The van der Waals surface area contributed by atoms with E-state index in [1.54, 1.807) is 11.9 Å². The van der Waals surface area contributed by atoms with E-state index in [-0.39, 0.29) is 11.6 Å². The molecule has 23 heavy (non-hydrogen) atoms. The highest BCUT2D eigenvalue weighted by molar-refractivity contribution is 6.00. The molecular weight excluding hydrogens is 309 g/mol. The Bertz CT molecular complexity index is 599. The van der Waals surface area contributed by atoms with Crippen molar-refractivity contribution in [2.75, 3.05) is 25.5 Å². The molecule has 1 aliphatic rings. The monoisotopic (exact) mass is 330 g/mol. The molecule has 1 aliphatic heterocycles. The lowest BCUT2D eigenvalue weighted by Gasteiger charge is -2.42. The van der Waals surface area contributed by atoms with E-state index in [0.29, 0.717) is 18.8 Å². The van der Waals surface area contributed by atoms with Crippen LogP contribution in [0.3, 0.4) is 0 Å². The lowest BCUT2D eigenvalue weighted by molar-refractivity contribution is -0.137. The Morgan fingerprint density at radius 2 is 2.04 bits per heavy atom. The molecule has 0 aromatic heterocycles. The maximum absolute atomic E-state index is 12.9. The Balaban J connectivity index is 2.41. The fraction of sp³-hybridized carbons (Fsp3) is 0.562. The standard InChI is InChI=1S/C16H21F3N2O2/c1-10-8-23-15(2,3)9-21(10)14(22)12-7-11(16(17,18)19)5-6-13(12)20-4/h5-7,10,20H,8-9H2,1-4H3/t10-/m0/s1. The van der Waals surface area contributed by atoms with Crippen LogP contribution in [0.25, 0.3) is 0 Å². The van der Waals surface area contributed by atoms with Crippen LogP contribution in [0.4, 0.5) is 18.9 Å². The Labute approximate surface area is 133 Å². The molecule has 1 atom stereocenters. The maximum atomic E-state index is 12.9. The van der Waals surface area contributed by atoms with E-state index in [0.717, 1.165) is 12.1 Å². The molecule has 2 rings (SSSR count). The quantitative estimate of drug-likeness (QED) is 0.904. The van der Waals surface area contributed by atoms with E-state index < -0.39 is 23.2 Å². The summed E-state index contributed by atoms with van der Waals surface area (Å²) in [6.07, 6.45) is -4.49. The van der Waals surface area contributed by atoms with Crippen molar-refractivity contribution in [3.63, 3.8) is 0 Å². The van der Waals surface area contributed by atoms with Crippen LogP contribution >= 0.6 is 0 Å². The van der Waals surface area contributed by atoms with Gasteiger partial charge in [-0.25, -0.2) is 0 Å². The van der Waals surface area contributed by atoms with Crippen molar-refractivity contribution in [1.29, 1.82) is 0 Å². The Kier molecular flexibility index (Phi) is 4.61. The smallest absolute Gasteiger partial charge is 0.387 e. The predicted molar refractivity (Wildman–Crippen MR) is 81.5 cm³/mol. The number of hydrogen-bond acceptors (Lipinski definition) is 3. The first-order chi connectivity index (χ1) is 10.5. The highest BCUT2D eigenvalue weighted by Crippen LogP contribution is 2.33. The van der Waals surface area contributed by atoms with Crippen molar-refractivity contribution in [1.82, 2.24) is 4.90 Å². The fourth-order valence-electron chi connectivity index (χ4n) is 2.59. The van der Waals surface area contributed by atoms with E-state index in [1.807, 2.05) is 20.8 Å². The van der Waals surface area contributed by atoms with Gasteiger partial charge >= 0.3 is 6.18 Å². The van der Waals surface area contributed by atoms with Crippen LogP contribution in [0.15, 0.2) is 18.2 Å². The molecule has 128 valence electrons. The SMILES string of the molecule is CNc1ccc(C(F)(F)F)cc1C(=O)N1CC(C)(C)OC[C@@H]1C. The molecule has 0 radical (unpaired) electrons. The van der Waals surface area contributed by atoms with Gasteiger partial charge in [0.2, 0.25) is 0 Å². The zero-order chi connectivity index (χ0) is 17.4. The third-order valence-corrected chi connectivity index (χ3v) is 3.91. The van der Waals surface area contributed by atoms with Gasteiger partial charge in [0, 0.05) is 19.3 Å². The molecule has 0 saturated carbocycles. The lowest BCUT2D eigenvalue weighted by atomic mass is 10.0. The topological polar surface area (TPSA) is 41.6 Å². The van der Waals surface area contributed by atoms with Gasteiger partial charge in [0.25, 0.3) is 5.91 Å². The molecular formula is C16H21F3N2O2. The summed E-state index contributed by atoms with van der Waals surface area (Å²) in [5.41, 5.74) is -0.963. The number of rotatable bonds is 2. The minimum absolute atomic E-state index is 0.0203. The first-order valence-electron chi connectivity index (χ1n) is 7.39. The van der Waals surface area contributed by atoms with Crippen molar-refractivity contribution in [2.45, 2.75) is 38.6 Å². The van der Waals surface area contributed by atoms with Crippen LogP contribution in [0.1, 0.15) is 36.7 Å². The van der Waals surface area contributed by atoms with Crippen molar-refractivity contribution >= 4 is 11.6 Å². The van der Waals surface area contributed by atoms with Crippen molar-refractivity contribution in [3.8, 4) is 0 Å². The predicted octanol–water partition coefficient (Wildman–Crippen LogP) is 3.39. The second-order valence-electron chi connectivity index (χ2n) is 6.36. The summed E-state index contributed by atoms with van der Waals surface area (Å²) in [6, 6.07) is 2.96. The molecule has 7 heteroatoms. The summed E-state index contributed by atoms with van der Waals surface area (Å²) in [5.74, 6) is -0.427. The molecule has 0 bridgehead atoms. The number of benzene rings is 1. The Hall–Kier alpha value is -1.76. The Morgan fingerprint density at radius 1 is 1.39 bits per heavy atom. The highest BCUT2D eigenvalue weighted by atomic mass is 19.4. The van der Waals surface area contributed by atoms with Gasteiger partial charge in [-0.15, -0.1) is 0 Å². The minimum Gasteiger partial charge on any atom is -0.387 e. The van der Waals surface area contributed by atoms with E-state index in [9.17, 15) is 18.0 Å². The number of carbonyl (C=O) groups is 1. The van der Waals surface area contributed by atoms with Gasteiger partial charge in [-0.3, -0.25) is 4.79 Å². The van der Waals surface area contributed by atoms with E-state index in [4.69, 9.17) is 4.74 Å². The summed E-state index contributed by atoms with van der Waals surface area (Å²) in [6.45, 7) is 6.20. The number of hydrogen-bond donors (Lipinski definition) is 1. The normalized spacial score (nSPS) is 21.2. The molecule has 1 heterocycles. The molecule has 0 spiro atoms. The third-order valence-electron chi connectivity index (χ3n) is 3.91. The number of halogens is 3. The number of alkyl halides is 3. The molecule has 4 nitrogen and oxygen atoms in total. The molecule has 1 aromatic carbocycles. The van der Waals surface area contributed by atoms with Gasteiger partial charge in [0.15, 0.2) is 0 Å². The summed E-state index contributed by atoms with van der Waals surface area (Å²) in [5, 5.41) is 2.78. The number of ether oxygens (including phenoxy) is 1. The number of nitrogens with one attached hydrogen (secondary N) is 1. The molecule has 1 N–H and O–H groups in total. The van der Waals surface area contributed by atoms with Crippen LogP contribution in [0.2, 0.25) is 0 Å². The summed E-state index contributed by atoms with van der Waals surface area (Å²) >= 11 is 0. The first-order valence-corrected chi connectivity index (χ1v) is 7.39. The molecule has 1 fully saturated rings.